The Kier molecular flexibility index (Phi) is 23.7. The average Bonchev–Trinajstić information content (AvgIpc) is 3.04. The number of carbonyl (C=O) groups is 2. The first-order chi connectivity index (χ1) is 30.1. The van der Waals surface area contributed by atoms with E-state index >= 15 is 0 Å². The molecule has 0 bridgehead atoms. The van der Waals surface area contributed by atoms with Crippen LogP contribution >= 0.6 is 0 Å². The predicted molar refractivity (Wildman–Crippen MR) is 197 cm³/mol. The van der Waals surface area contributed by atoms with Gasteiger partial charge < -0.3 is 10.6 Å². The summed E-state index contributed by atoms with van der Waals surface area (Å²) < 4.78 is 362. The van der Waals surface area contributed by atoms with Crippen LogP contribution in [0, 0.1) is 0 Å². The van der Waals surface area contributed by atoms with E-state index in [1.54, 1.807) is 0 Å². The molecule has 69 heavy (non-hydrogen) atoms. The molecule has 0 spiro atoms. The fourth-order valence-corrected chi connectivity index (χ4v) is 8.73. The van der Waals surface area contributed by atoms with Crippen LogP contribution in [0.2, 0.25) is 0 Å². The average molecular weight is 1230 g/mol. The molecule has 0 fully saturated rings. The highest BCUT2D eigenvalue weighted by Crippen LogP contribution is 2.26. The number of hydrogen-bond acceptors (Lipinski definition) is 32. The Bertz CT molecular complexity index is 2960. The van der Waals surface area contributed by atoms with E-state index < -0.39 is 190 Å². The van der Waals surface area contributed by atoms with Gasteiger partial charge in [0.15, 0.2) is 12.2 Å². The molecule has 9 atom stereocenters. The normalized spacial score (nSPS) is 18.1. The first kappa shape index (κ1) is 66.6. The molecular formula is C15H30N2O42S10. The summed E-state index contributed by atoms with van der Waals surface area (Å²) >= 11 is 0. The van der Waals surface area contributed by atoms with Gasteiger partial charge in [-0.15, -0.1) is 0 Å². The number of hydrogen-bond donors (Lipinski definition) is 12. The lowest BCUT2D eigenvalue weighted by molar-refractivity contribution is -0.141. The van der Waals surface area contributed by atoms with Crippen molar-refractivity contribution in [3.05, 3.63) is 0 Å². The molecule has 0 heterocycles. The van der Waals surface area contributed by atoms with Crippen LogP contribution < -0.4 is 10.6 Å². The van der Waals surface area contributed by atoms with E-state index in [9.17, 15) is 121 Å². The second kappa shape index (κ2) is 24.6. The molecule has 0 aromatic carbocycles. The van der Waals surface area contributed by atoms with E-state index in [1.165, 1.54) is 10.6 Å². The third-order valence-electron chi connectivity index (χ3n) is 6.10. The monoisotopic (exact) mass is 1230 g/mol. The molecule has 2 amide bonds. The van der Waals surface area contributed by atoms with Crippen molar-refractivity contribution < 1.29 is 181 Å². The summed E-state index contributed by atoms with van der Waals surface area (Å²) in [6.07, 6.45) is -30.3. The summed E-state index contributed by atoms with van der Waals surface area (Å²) in [6, 6.07) is -2.23. The van der Waals surface area contributed by atoms with Crippen LogP contribution in [0.15, 0.2) is 0 Å². The molecular weight excluding hydrogens is 1200 g/mol. The zero-order valence-electron chi connectivity index (χ0n) is 31.9. The molecule has 0 aromatic rings. The van der Waals surface area contributed by atoms with Crippen molar-refractivity contribution in [2.75, 3.05) is 19.8 Å². The Hall–Kier alpha value is -2.36. The van der Waals surface area contributed by atoms with Crippen molar-refractivity contribution in [2.24, 2.45) is 0 Å². The third-order valence-corrected chi connectivity index (χ3v) is 10.7. The standard InChI is InChI=1S/C15H30N2O42S10/c1-5(17-15(19)13(59-69(47,48)49)11(57-67(41,42)43)9(55-65(35,36)37)7(53-63(29,30)31)4-51-61(23,24)25)2-16-14(18)12(58-68(44,45)46)10(56-66(38,39)40)8(54-64(32,33)34)6(52-62(26,27)28)3-50-60(20,21)22/h5-13H,2-4H2,1H3,(H,16,18)(H,17,19)(H,20,21,22)(H,23,24,25)(H,26,27,28)(H,29,30,31)(H,32,33,34)(H,35,36,37)(H,38,39,40)(H,41,42,43)(H,44,45,46)(H,47,48,49)/t5?,6-,7-,8+,9+,10+,11+,12-,13-/m1/s1. The summed E-state index contributed by atoms with van der Waals surface area (Å²) in [4.78, 5) is 26.7. The Morgan fingerprint density at radius 2 is 0.609 bits per heavy atom. The van der Waals surface area contributed by atoms with Crippen molar-refractivity contribution in [3.8, 4) is 0 Å². The molecule has 0 saturated heterocycles. The van der Waals surface area contributed by atoms with Crippen LogP contribution in [0.4, 0.5) is 0 Å². The molecule has 44 nitrogen and oxygen atoms in total. The van der Waals surface area contributed by atoms with Gasteiger partial charge in [0.2, 0.25) is 0 Å². The molecule has 0 radical (unpaired) electrons. The molecule has 412 valence electrons. The third kappa shape index (κ3) is 32.4. The van der Waals surface area contributed by atoms with Crippen LogP contribution in [-0.2, 0) is 155 Å². The van der Waals surface area contributed by atoms with Gasteiger partial charge in [0.05, 0.1) is 13.2 Å². The topological polar surface area (TPSA) is 694 Å². The number of rotatable bonds is 33. The lowest BCUT2D eigenvalue weighted by Crippen LogP contribution is -2.59. The van der Waals surface area contributed by atoms with Crippen LogP contribution in [0.25, 0.3) is 0 Å². The lowest BCUT2D eigenvalue weighted by Gasteiger charge is -2.33. The maximum absolute atomic E-state index is 13.4. The van der Waals surface area contributed by atoms with Gasteiger partial charge in [-0.3, -0.25) is 55.1 Å². The second-order valence-corrected chi connectivity index (χ2v) is 22.1. The zero-order chi connectivity index (χ0) is 55.0. The van der Waals surface area contributed by atoms with Gasteiger partial charge >= 0.3 is 104 Å². The molecule has 1 unspecified atom stereocenters. The quantitative estimate of drug-likeness (QED) is 0.0272. The molecule has 0 rings (SSSR count). The highest BCUT2D eigenvalue weighted by Gasteiger charge is 2.51. The van der Waals surface area contributed by atoms with Crippen LogP contribution in [0.3, 0.4) is 0 Å². The fourth-order valence-electron chi connectivity index (χ4n) is 4.23. The first-order valence-corrected chi connectivity index (χ1v) is 28.9. The van der Waals surface area contributed by atoms with Crippen molar-refractivity contribution in [3.63, 3.8) is 0 Å². The van der Waals surface area contributed by atoms with Gasteiger partial charge in [-0.05, 0) is 6.92 Å². The minimum absolute atomic E-state index is 0.509. The smallest absolute Gasteiger partial charge is 0.352 e. The minimum Gasteiger partial charge on any atom is -0.352 e. The maximum Gasteiger partial charge on any atom is 0.398 e. The van der Waals surface area contributed by atoms with E-state index in [2.05, 4.69) is 41.8 Å². The molecule has 0 aliphatic carbocycles. The molecule has 0 aliphatic rings. The van der Waals surface area contributed by atoms with Gasteiger partial charge in [-0.25, -0.2) is 41.8 Å². The van der Waals surface area contributed by atoms with Gasteiger partial charge in [-0.1, -0.05) is 0 Å². The number of carbonyl (C=O) groups excluding carboxylic acids is 2. The van der Waals surface area contributed by atoms with Crippen molar-refractivity contribution in [2.45, 2.75) is 61.8 Å². The highest BCUT2D eigenvalue weighted by atomic mass is 32.3. The number of nitrogens with one attached hydrogen (secondary N) is 2. The Labute approximate surface area is 387 Å². The van der Waals surface area contributed by atoms with Crippen LogP contribution in [-0.4, -0.2) is 216 Å². The molecule has 0 aliphatic heterocycles. The first-order valence-electron chi connectivity index (χ1n) is 15.2. The van der Waals surface area contributed by atoms with Crippen LogP contribution in [0.1, 0.15) is 6.92 Å². The molecule has 54 heteroatoms. The van der Waals surface area contributed by atoms with Crippen LogP contribution in [0.5, 0.6) is 0 Å². The van der Waals surface area contributed by atoms with E-state index in [4.69, 9.17) is 18.2 Å². The van der Waals surface area contributed by atoms with Crippen molar-refractivity contribution >= 4 is 116 Å². The summed E-state index contributed by atoms with van der Waals surface area (Å²) in [5.74, 6) is -5.03. The summed E-state index contributed by atoms with van der Waals surface area (Å²) in [7, 11) is -62.9. The van der Waals surface area contributed by atoms with E-state index in [-0.39, 0.29) is 0 Å². The Balaban J connectivity index is 7.79. The Morgan fingerprint density at radius 3 is 0.855 bits per heavy atom. The number of amides is 2. The Morgan fingerprint density at radius 1 is 0.362 bits per heavy atom. The molecule has 0 aromatic heterocycles. The lowest BCUT2D eigenvalue weighted by atomic mass is 10.0. The van der Waals surface area contributed by atoms with Gasteiger partial charge in [0.25, 0.3) is 11.8 Å². The predicted octanol–water partition coefficient (Wildman–Crippen LogP) is -9.25. The van der Waals surface area contributed by atoms with E-state index in [0.717, 1.165) is 0 Å². The molecule has 0 saturated carbocycles. The van der Waals surface area contributed by atoms with E-state index in [1.807, 2.05) is 0 Å². The fraction of sp³-hybridized carbons (Fsp3) is 0.867. The summed E-state index contributed by atoms with van der Waals surface area (Å²) in [6.45, 7) is -5.74. The summed E-state index contributed by atoms with van der Waals surface area (Å²) in [5, 5.41) is 2.73. The van der Waals surface area contributed by atoms with Gasteiger partial charge in [-0.2, -0.15) is 84.2 Å². The largest absolute Gasteiger partial charge is 0.398 e. The van der Waals surface area contributed by atoms with Crippen molar-refractivity contribution in [1.82, 2.24) is 10.6 Å². The maximum atomic E-state index is 13.4. The minimum atomic E-state index is -6.47. The van der Waals surface area contributed by atoms with Gasteiger partial charge in [0, 0.05) is 12.6 Å². The second-order valence-electron chi connectivity index (χ2n) is 11.5. The van der Waals surface area contributed by atoms with Crippen molar-refractivity contribution in [1.29, 1.82) is 0 Å². The van der Waals surface area contributed by atoms with E-state index in [0.29, 0.717) is 6.92 Å². The van der Waals surface area contributed by atoms with Gasteiger partial charge in [0.1, 0.15) is 36.6 Å². The highest BCUT2D eigenvalue weighted by molar-refractivity contribution is 7.83. The SMILES string of the molecule is CC(CNC(=O)[C@H](OS(=O)(=O)O)[C@@H](OS(=O)(=O)O)[C@@H](OS(=O)(=O)O)[C@@H](COS(=O)(=O)O)OS(=O)(=O)O)NC(=O)[C@H](OS(=O)(=O)O)[C@@H](OS(=O)(=O)O)[C@@H](OS(=O)(=O)O)[C@@H](COS(=O)(=O)O)OS(=O)(=O)O. The molecule has 12 N–H and O–H groups in total. The zero-order valence-corrected chi connectivity index (χ0v) is 40.1. The summed E-state index contributed by atoms with van der Waals surface area (Å²) in [5.41, 5.74) is 0.